The lowest BCUT2D eigenvalue weighted by molar-refractivity contribution is 0.475. The van der Waals surface area contributed by atoms with Crippen LogP contribution in [-0.2, 0) is 19.9 Å². The van der Waals surface area contributed by atoms with Gasteiger partial charge in [-0.3, -0.25) is 0 Å². The zero-order chi connectivity index (χ0) is 19.1. The molecule has 0 bridgehead atoms. The van der Waals surface area contributed by atoms with Gasteiger partial charge in [0.25, 0.3) is 0 Å². The van der Waals surface area contributed by atoms with Gasteiger partial charge >= 0.3 is 0 Å². The minimum Gasteiger partial charge on any atom is -0.223 e. The first-order valence-electron chi connectivity index (χ1n) is 8.51. The molecule has 0 saturated carbocycles. The number of hydrogen-bond donors (Lipinski definition) is 0. The zero-order valence-electron chi connectivity index (χ0n) is 15.1. The van der Waals surface area contributed by atoms with Gasteiger partial charge < -0.3 is 0 Å². The van der Waals surface area contributed by atoms with Crippen molar-refractivity contribution in [1.29, 1.82) is 0 Å². The Balaban J connectivity index is 1.92. The number of nitrogens with zero attached hydrogens (tertiary/aromatic N) is 1. The smallest absolute Gasteiger partial charge is 0.223 e. The van der Waals surface area contributed by atoms with Crippen LogP contribution in [0.25, 0.3) is 0 Å². The van der Waals surface area contributed by atoms with Gasteiger partial charge in [0.05, 0.1) is 15.0 Å². The van der Waals surface area contributed by atoms with E-state index in [4.69, 9.17) is 0 Å². The van der Waals surface area contributed by atoms with E-state index in [1.54, 1.807) is 44.2 Å². The molecule has 0 radical (unpaired) electrons. The second-order valence-corrected chi connectivity index (χ2v) is 11.0. The average molecular weight is 394 g/mol. The molecular formula is C19H23NO4S2. The van der Waals surface area contributed by atoms with Gasteiger partial charge in [0.15, 0.2) is 9.84 Å². The van der Waals surface area contributed by atoms with Crippen molar-refractivity contribution in [2.24, 2.45) is 0 Å². The lowest BCUT2D eigenvalue weighted by atomic mass is 10.1. The van der Waals surface area contributed by atoms with E-state index in [-0.39, 0.29) is 18.0 Å². The molecule has 140 valence electrons. The Morgan fingerprint density at radius 3 is 2.08 bits per heavy atom. The predicted octanol–water partition coefficient (Wildman–Crippen LogP) is 2.85. The van der Waals surface area contributed by atoms with E-state index in [1.807, 2.05) is 19.1 Å². The summed E-state index contributed by atoms with van der Waals surface area (Å²) >= 11 is 0. The summed E-state index contributed by atoms with van der Waals surface area (Å²) in [6.45, 7) is 5.69. The number of rotatable bonds is 4. The van der Waals surface area contributed by atoms with Gasteiger partial charge in [0.1, 0.15) is 0 Å². The average Bonchev–Trinajstić information content (AvgIpc) is 3.06. The highest BCUT2D eigenvalue weighted by atomic mass is 32.2. The van der Waals surface area contributed by atoms with Crippen molar-refractivity contribution < 1.29 is 16.8 Å². The molecule has 1 aliphatic rings. The van der Waals surface area contributed by atoms with Gasteiger partial charge in [-0.2, -0.15) is 4.31 Å². The molecular weight excluding hydrogens is 370 g/mol. The quantitative estimate of drug-likeness (QED) is 0.801. The van der Waals surface area contributed by atoms with E-state index >= 15 is 0 Å². The molecule has 2 aromatic rings. The highest BCUT2D eigenvalue weighted by Gasteiger charge is 2.40. The number of sulfone groups is 1. The number of benzene rings is 2. The first-order chi connectivity index (χ1) is 12.1. The molecule has 3 rings (SSSR count). The van der Waals surface area contributed by atoms with Gasteiger partial charge in [0.2, 0.25) is 10.0 Å². The maximum absolute atomic E-state index is 13.1. The van der Waals surface area contributed by atoms with Crippen LogP contribution >= 0.6 is 0 Å². The standard InChI is InChI=1S/C19H23NO4S2/c1-14-11-15(2)19(16(3)12-14)26(23,24)20-10-9-18(13-20)25(21,22)17-7-5-4-6-8-17/h4-8,11-12,18H,9-10,13H2,1-3H3. The van der Waals surface area contributed by atoms with Gasteiger partial charge in [-0.05, 0) is 50.5 Å². The maximum atomic E-state index is 13.1. The molecule has 1 heterocycles. The minimum atomic E-state index is -3.72. The van der Waals surface area contributed by atoms with E-state index < -0.39 is 25.1 Å². The Kier molecular flexibility index (Phi) is 4.98. The normalized spacial score (nSPS) is 19.0. The van der Waals surface area contributed by atoms with Gasteiger partial charge in [0, 0.05) is 13.1 Å². The minimum absolute atomic E-state index is 0.00762. The SMILES string of the molecule is Cc1cc(C)c(S(=O)(=O)N2CCC(S(=O)(=O)c3ccccc3)C2)c(C)c1. The fraction of sp³-hybridized carbons (Fsp3) is 0.368. The summed E-state index contributed by atoms with van der Waals surface area (Å²) in [5.41, 5.74) is 2.39. The monoisotopic (exact) mass is 393 g/mol. The third kappa shape index (κ3) is 3.31. The Morgan fingerprint density at radius 1 is 0.923 bits per heavy atom. The van der Waals surface area contributed by atoms with Crippen LogP contribution in [0.3, 0.4) is 0 Å². The van der Waals surface area contributed by atoms with Crippen LogP contribution in [0.2, 0.25) is 0 Å². The third-order valence-electron chi connectivity index (χ3n) is 4.82. The molecule has 0 spiro atoms. The molecule has 1 atom stereocenters. The summed E-state index contributed by atoms with van der Waals surface area (Å²) in [6, 6.07) is 11.9. The lowest BCUT2D eigenvalue weighted by Crippen LogP contribution is -2.32. The van der Waals surface area contributed by atoms with Crippen molar-refractivity contribution >= 4 is 19.9 Å². The van der Waals surface area contributed by atoms with Crippen LogP contribution in [0, 0.1) is 20.8 Å². The highest BCUT2D eigenvalue weighted by Crippen LogP contribution is 2.31. The second-order valence-electron chi connectivity index (χ2n) is 6.86. The zero-order valence-corrected chi connectivity index (χ0v) is 16.8. The summed E-state index contributed by atoms with van der Waals surface area (Å²) in [6.07, 6.45) is 0.306. The van der Waals surface area contributed by atoms with Crippen molar-refractivity contribution in [2.75, 3.05) is 13.1 Å². The fourth-order valence-electron chi connectivity index (χ4n) is 3.67. The first kappa shape index (κ1) is 19.1. The maximum Gasteiger partial charge on any atom is 0.243 e. The van der Waals surface area contributed by atoms with Crippen molar-refractivity contribution in [3.63, 3.8) is 0 Å². The second kappa shape index (κ2) is 6.79. The molecule has 1 fully saturated rings. The molecule has 1 unspecified atom stereocenters. The molecule has 5 nitrogen and oxygen atoms in total. The molecule has 1 saturated heterocycles. The van der Waals surface area contributed by atoms with E-state index in [9.17, 15) is 16.8 Å². The number of sulfonamides is 1. The summed E-state index contributed by atoms with van der Waals surface area (Å²) in [4.78, 5) is 0.535. The topological polar surface area (TPSA) is 71.5 Å². The van der Waals surface area contributed by atoms with E-state index in [2.05, 4.69) is 0 Å². The Labute approximate surface area is 155 Å². The number of aryl methyl sites for hydroxylation is 3. The lowest BCUT2D eigenvalue weighted by Gasteiger charge is -2.20. The van der Waals surface area contributed by atoms with Crippen molar-refractivity contribution in [2.45, 2.75) is 42.2 Å². The van der Waals surface area contributed by atoms with E-state index in [0.29, 0.717) is 22.4 Å². The highest BCUT2D eigenvalue weighted by molar-refractivity contribution is 7.92. The molecule has 0 aliphatic carbocycles. The predicted molar refractivity (Wildman–Crippen MR) is 101 cm³/mol. The van der Waals surface area contributed by atoms with E-state index in [0.717, 1.165) is 5.56 Å². The van der Waals surface area contributed by atoms with Gasteiger partial charge in [-0.25, -0.2) is 16.8 Å². The Hall–Kier alpha value is -1.70. The molecule has 26 heavy (non-hydrogen) atoms. The van der Waals surface area contributed by atoms with Crippen LogP contribution in [0.5, 0.6) is 0 Å². The summed E-state index contributed by atoms with van der Waals surface area (Å²) in [7, 11) is -7.27. The van der Waals surface area contributed by atoms with Crippen LogP contribution in [0.1, 0.15) is 23.1 Å². The van der Waals surface area contributed by atoms with Crippen LogP contribution in [0.4, 0.5) is 0 Å². The van der Waals surface area contributed by atoms with E-state index in [1.165, 1.54) is 4.31 Å². The summed E-state index contributed by atoms with van der Waals surface area (Å²) < 4.78 is 53.2. The van der Waals surface area contributed by atoms with Crippen molar-refractivity contribution in [3.8, 4) is 0 Å². The van der Waals surface area contributed by atoms with Crippen LogP contribution in [0.15, 0.2) is 52.3 Å². The molecule has 0 aromatic heterocycles. The van der Waals surface area contributed by atoms with Crippen molar-refractivity contribution in [1.82, 2.24) is 4.31 Å². The Morgan fingerprint density at radius 2 is 1.50 bits per heavy atom. The molecule has 2 aromatic carbocycles. The molecule has 0 amide bonds. The first-order valence-corrected chi connectivity index (χ1v) is 11.5. The Bertz CT molecular complexity index is 1010. The summed E-state index contributed by atoms with van der Waals surface area (Å²) in [5.74, 6) is 0. The third-order valence-corrected chi connectivity index (χ3v) is 9.18. The van der Waals surface area contributed by atoms with Gasteiger partial charge in [-0.1, -0.05) is 35.9 Å². The van der Waals surface area contributed by atoms with Crippen LogP contribution < -0.4 is 0 Å². The largest absolute Gasteiger partial charge is 0.243 e. The summed E-state index contributed by atoms with van der Waals surface area (Å²) in [5, 5.41) is -0.717. The van der Waals surface area contributed by atoms with Crippen LogP contribution in [-0.4, -0.2) is 39.5 Å². The van der Waals surface area contributed by atoms with Gasteiger partial charge in [-0.15, -0.1) is 0 Å². The molecule has 7 heteroatoms. The molecule has 0 N–H and O–H groups in total. The number of hydrogen-bond acceptors (Lipinski definition) is 4. The fourth-order valence-corrected chi connectivity index (χ4v) is 7.39. The molecule has 1 aliphatic heterocycles. The van der Waals surface area contributed by atoms with Crippen molar-refractivity contribution in [3.05, 3.63) is 59.2 Å².